The van der Waals surface area contributed by atoms with Gasteiger partial charge in [0.1, 0.15) is 6.04 Å². The average Bonchev–Trinajstić information content (AvgIpc) is 2.63. The van der Waals surface area contributed by atoms with Gasteiger partial charge in [-0.25, -0.2) is 0 Å². The van der Waals surface area contributed by atoms with Gasteiger partial charge >= 0.3 is 0 Å². The van der Waals surface area contributed by atoms with Gasteiger partial charge in [0, 0.05) is 24.9 Å². The lowest BCUT2D eigenvalue weighted by Gasteiger charge is -2.41. The highest BCUT2D eigenvalue weighted by atomic mass is 16.5. The van der Waals surface area contributed by atoms with Crippen LogP contribution in [0.15, 0.2) is 18.2 Å². The van der Waals surface area contributed by atoms with Crippen molar-refractivity contribution in [3.8, 4) is 0 Å². The van der Waals surface area contributed by atoms with Crippen molar-refractivity contribution < 1.29 is 9.53 Å². The lowest BCUT2D eigenvalue weighted by molar-refractivity contribution is -0.124. The third-order valence-corrected chi connectivity index (χ3v) is 5.68. The van der Waals surface area contributed by atoms with E-state index in [1.165, 1.54) is 16.8 Å². The van der Waals surface area contributed by atoms with Crippen LogP contribution in [0, 0.1) is 18.8 Å². The zero-order valence-electron chi connectivity index (χ0n) is 18.0. The largest absolute Gasteiger partial charge is 0.381 e. The van der Waals surface area contributed by atoms with Crippen molar-refractivity contribution in [1.29, 1.82) is 0 Å². The van der Waals surface area contributed by atoms with E-state index in [0.29, 0.717) is 5.92 Å². The molecule has 0 radical (unpaired) electrons. The smallest absolute Gasteiger partial charge is 0.243 e. The summed E-state index contributed by atoms with van der Waals surface area (Å²) in [6, 6.07) is 6.75. The van der Waals surface area contributed by atoms with Gasteiger partial charge in [-0.05, 0) is 62.1 Å². The summed E-state index contributed by atoms with van der Waals surface area (Å²) in [7, 11) is 0. The van der Waals surface area contributed by atoms with Crippen LogP contribution in [0.25, 0.3) is 0 Å². The number of benzene rings is 1. The molecule has 0 saturated heterocycles. The van der Waals surface area contributed by atoms with Crippen LogP contribution in [0.1, 0.15) is 58.6 Å². The van der Waals surface area contributed by atoms with E-state index in [0.717, 1.165) is 39.0 Å². The second kappa shape index (κ2) is 10.1. The van der Waals surface area contributed by atoms with Gasteiger partial charge in [0.05, 0.1) is 6.61 Å². The van der Waals surface area contributed by atoms with E-state index in [1.807, 2.05) is 6.92 Å². The fourth-order valence-electron chi connectivity index (χ4n) is 3.99. The van der Waals surface area contributed by atoms with Crippen molar-refractivity contribution in [3.63, 3.8) is 0 Å². The molecule has 0 fully saturated rings. The van der Waals surface area contributed by atoms with Gasteiger partial charge in [-0.1, -0.05) is 39.8 Å². The Labute approximate surface area is 165 Å². The van der Waals surface area contributed by atoms with Crippen molar-refractivity contribution in [2.45, 2.75) is 72.9 Å². The number of amides is 1. The van der Waals surface area contributed by atoms with Crippen LogP contribution >= 0.6 is 0 Å². The number of carbonyl (C=O) groups is 1. The topological polar surface area (TPSA) is 41.6 Å². The fraction of sp³-hybridized carbons (Fsp3) is 0.696. The van der Waals surface area contributed by atoms with E-state index in [9.17, 15) is 4.79 Å². The van der Waals surface area contributed by atoms with E-state index in [4.69, 9.17) is 4.74 Å². The number of ether oxygens (including phenoxy) is 1. The Kier molecular flexibility index (Phi) is 8.15. The van der Waals surface area contributed by atoms with Gasteiger partial charge in [0.15, 0.2) is 0 Å². The molecule has 3 unspecified atom stereocenters. The molecule has 27 heavy (non-hydrogen) atoms. The Morgan fingerprint density at radius 2 is 2.00 bits per heavy atom. The third-order valence-electron chi connectivity index (χ3n) is 5.68. The molecule has 1 aliphatic heterocycles. The summed E-state index contributed by atoms with van der Waals surface area (Å²) in [6.07, 6.45) is 2.88. The predicted octanol–water partition coefficient (Wildman–Crippen LogP) is 4.34. The molecule has 4 nitrogen and oxygen atoms in total. The molecule has 3 atom stereocenters. The summed E-state index contributed by atoms with van der Waals surface area (Å²) < 4.78 is 5.73. The van der Waals surface area contributed by atoms with E-state index in [2.05, 4.69) is 63.0 Å². The van der Waals surface area contributed by atoms with E-state index in [1.54, 1.807) is 0 Å². The molecule has 2 rings (SSSR count). The van der Waals surface area contributed by atoms with Gasteiger partial charge in [-0.15, -0.1) is 0 Å². The summed E-state index contributed by atoms with van der Waals surface area (Å²) in [6.45, 7) is 15.2. The van der Waals surface area contributed by atoms with Gasteiger partial charge in [-0.2, -0.15) is 0 Å². The first-order chi connectivity index (χ1) is 12.9. The number of aryl methyl sites for hydroxylation is 1. The van der Waals surface area contributed by atoms with Gasteiger partial charge in [0.2, 0.25) is 5.91 Å². The van der Waals surface area contributed by atoms with Crippen LogP contribution in [-0.2, 0) is 16.0 Å². The maximum atomic E-state index is 13.2. The number of hydrogen-bond acceptors (Lipinski definition) is 3. The minimum absolute atomic E-state index is 0.157. The Morgan fingerprint density at radius 1 is 1.26 bits per heavy atom. The summed E-state index contributed by atoms with van der Waals surface area (Å²) in [5.74, 6) is 0.808. The zero-order chi connectivity index (χ0) is 20.0. The summed E-state index contributed by atoms with van der Waals surface area (Å²) in [5.41, 5.74) is 3.81. The number of hydrogen-bond donors (Lipinski definition) is 1. The molecule has 4 heteroatoms. The molecule has 0 aliphatic carbocycles. The van der Waals surface area contributed by atoms with Crippen LogP contribution < -0.4 is 10.2 Å². The molecule has 1 N–H and O–H groups in total. The van der Waals surface area contributed by atoms with Crippen LogP contribution in [0.3, 0.4) is 0 Å². The van der Waals surface area contributed by atoms with Gasteiger partial charge < -0.3 is 15.0 Å². The normalized spacial score (nSPS) is 21.4. The third kappa shape index (κ3) is 5.47. The van der Waals surface area contributed by atoms with E-state index in [-0.39, 0.29) is 23.9 Å². The second-order valence-electron chi connectivity index (χ2n) is 8.23. The Hall–Kier alpha value is -1.55. The quantitative estimate of drug-likeness (QED) is 0.736. The molecule has 0 spiro atoms. The SMILES string of the molecule is CCOCC(CC)CN1c2cc(C)ccc2CC(CC)NC(=O)C1C(C)C. The highest BCUT2D eigenvalue weighted by Crippen LogP contribution is 2.31. The zero-order valence-corrected chi connectivity index (χ0v) is 18.0. The Bertz CT molecular complexity index is 614. The molecule has 0 aromatic heterocycles. The van der Waals surface area contributed by atoms with Crippen LogP contribution in [0.4, 0.5) is 5.69 Å². The predicted molar refractivity (Wildman–Crippen MR) is 113 cm³/mol. The van der Waals surface area contributed by atoms with Crippen molar-refractivity contribution in [1.82, 2.24) is 5.32 Å². The number of nitrogens with one attached hydrogen (secondary N) is 1. The Morgan fingerprint density at radius 3 is 2.59 bits per heavy atom. The first-order valence-electron chi connectivity index (χ1n) is 10.6. The van der Waals surface area contributed by atoms with Crippen LogP contribution in [0.2, 0.25) is 0 Å². The van der Waals surface area contributed by atoms with Crippen LogP contribution in [-0.4, -0.2) is 37.7 Å². The fourth-order valence-corrected chi connectivity index (χ4v) is 3.99. The number of fused-ring (bicyclic) bond motifs is 1. The lowest BCUT2D eigenvalue weighted by atomic mass is 9.91. The monoisotopic (exact) mass is 374 g/mol. The maximum absolute atomic E-state index is 13.2. The molecule has 1 aromatic carbocycles. The first-order valence-corrected chi connectivity index (χ1v) is 10.6. The highest BCUT2D eigenvalue weighted by molar-refractivity contribution is 5.87. The van der Waals surface area contributed by atoms with Crippen LogP contribution in [0.5, 0.6) is 0 Å². The van der Waals surface area contributed by atoms with E-state index >= 15 is 0 Å². The number of carbonyl (C=O) groups excluding carboxylic acids is 1. The Balaban J connectivity index is 2.49. The number of nitrogens with zero attached hydrogens (tertiary/aromatic N) is 1. The molecule has 1 aliphatic rings. The molecule has 1 aromatic rings. The first kappa shape index (κ1) is 21.7. The second-order valence-corrected chi connectivity index (χ2v) is 8.23. The molecule has 152 valence electrons. The van der Waals surface area contributed by atoms with Gasteiger partial charge in [0.25, 0.3) is 0 Å². The highest BCUT2D eigenvalue weighted by Gasteiger charge is 2.34. The minimum Gasteiger partial charge on any atom is -0.381 e. The number of anilines is 1. The van der Waals surface area contributed by atoms with E-state index < -0.39 is 0 Å². The molecule has 0 saturated carbocycles. The number of rotatable bonds is 8. The summed E-state index contributed by atoms with van der Waals surface area (Å²) in [4.78, 5) is 15.5. The summed E-state index contributed by atoms with van der Waals surface area (Å²) in [5, 5.41) is 3.31. The van der Waals surface area contributed by atoms with Crippen molar-refractivity contribution >= 4 is 11.6 Å². The van der Waals surface area contributed by atoms with Gasteiger partial charge in [-0.3, -0.25) is 4.79 Å². The summed E-state index contributed by atoms with van der Waals surface area (Å²) >= 11 is 0. The molecular weight excluding hydrogens is 336 g/mol. The van der Waals surface area contributed by atoms with Crippen molar-refractivity contribution in [2.24, 2.45) is 11.8 Å². The van der Waals surface area contributed by atoms with Crippen molar-refractivity contribution in [2.75, 3.05) is 24.7 Å². The average molecular weight is 375 g/mol. The molecular formula is C23H38N2O2. The standard InChI is InChI=1S/C23H38N2O2/c1-7-18(15-27-9-3)14-25-21-12-17(6)10-11-19(21)13-20(8-2)24-23(26)22(25)16(4)5/h10-12,16,18,20,22H,7-9,13-15H2,1-6H3,(H,24,26). The molecule has 0 bridgehead atoms. The minimum atomic E-state index is -0.157. The maximum Gasteiger partial charge on any atom is 0.243 e. The van der Waals surface area contributed by atoms with Crippen molar-refractivity contribution in [3.05, 3.63) is 29.3 Å². The molecule has 1 amide bonds. The molecule has 1 heterocycles. The lowest BCUT2D eigenvalue weighted by Crippen LogP contribution is -2.55.